The Hall–Kier alpha value is -2.48. The number of phenolic OH excluding ortho intramolecular Hbond substituents is 1. The van der Waals surface area contributed by atoms with Gasteiger partial charge in [-0.1, -0.05) is 0 Å². The molecule has 8 nitrogen and oxygen atoms in total. The van der Waals surface area contributed by atoms with Crippen LogP contribution in [0.1, 0.15) is 18.5 Å². The number of nitrogens with one attached hydrogen (secondary N) is 2. The van der Waals surface area contributed by atoms with Gasteiger partial charge in [0.1, 0.15) is 6.04 Å². The zero-order chi connectivity index (χ0) is 16.0. The number of rotatable bonds is 6. The number of hydrogen-bond donors (Lipinski definition) is 3. The van der Waals surface area contributed by atoms with E-state index in [0.717, 1.165) is 0 Å². The number of aromatic hydroxyl groups is 1. The topological polar surface area (TPSA) is 106 Å². The van der Waals surface area contributed by atoms with Gasteiger partial charge >= 0.3 is 0 Å². The average molecular weight is 298 g/mol. The van der Waals surface area contributed by atoms with Gasteiger partial charge in [-0.05, 0) is 12.1 Å². The molecule has 116 valence electrons. The largest absolute Gasteiger partial charge is 0.502 e. The van der Waals surface area contributed by atoms with Crippen LogP contribution in [-0.4, -0.2) is 38.3 Å². The van der Waals surface area contributed by atoms with Gasteiger partial charge in [0.05, 0.1) is 21.3 Å². The quantitative estimate of drug-likeness (QED) is 0.651. The minimum atomic E-state index is -1.09. The van der Waals surface area contributed by atoms with Gasteiger partial charge in [0, 0.05) is 12.5 Å². The number of hydroxylamine groups is 1. The summed E-state index contributed by atoms with van der Waals surface area (Å²) in [7, 11) is 3.99. The lowest BCUT2D eigenvalue weighted by Gasteiger charge is -2.20. The molecule has 8 heteroatoms. The Labute approximate surface area is 121 Å². The number of benzene rings is 1. The highest BCUT2D eigenvalue weighted by molar-refractivity contribution is 5.88. The first-order valence-corrected chi connectivity index (χ1v) is 6.00. The van der Waals surface area contributed by atoms with E-state index in [1.54, 1.807) is 0 Å². The van der Waals surface area contributed by atoms with E-state index in [1.165, 1.54) is 40.4 Å². The van der Waals surface area contributed by atoms with Crippen LogP contribution >= 0.6 is 0 Å². The van der Waals surface area contributed by atoms with Crippen LogP contribution in [0.4, 0.5) is 0 Å². The standard InChI is InChI=1S/C13H18N2O6/c1-7(16)14-10(13(18)15-21-4)8-5-6-9(19-2)11(17)12(8)20-3/h5-6,10,17H,1-4H3,(H,14,16)(H,15,18). The maximum absolute atomic E-state index is 12.0. The zero-order valence-corrected chi connectivity index (χ0v) is 12.2. The monoisotopic (exact) mass is 298 g/mol. The van der Waals surface area contributed by atoms with E-state index >= 15 is 0 Å². The lowest BCUT2D eigenvalue weighted by atomic mass is 10.0. The maximum atomic E-state index is 12.0. The smallest absolute Gasteiger partial charge is 0.270 e. The summed E-state index contributed by atoms with van der Waals surface area (Å²) in [5, 5.41) is 12.5. The minimum Gasteiger partial charge on any atom is -0.502 e. The Morgan fingerprint density at radius 3 is 2.33 bits per heavy atom. The van der Waals surface area contributed by atoms with Crippen LogP contribution in [0.15, 0.2) is 12.1 Å². The zero-order valence-electron chi connectivity index (χ0n) is 12.2. The van der Waals surface area contributed by atoms with Crippen molar-refractivity contribution in [2.45, 2.75) is 13.0 Å². The first kappa shape index (κ1) is 16.6. The fourth-order valence-electron chi connectivity index (χ4n) is 1.82. The summed E-state index contributed by atoms with van der Waals surface area (Å²) in [4.78, 5) is 27.8. The van der Waals surface area contributed by atoms with Crippen LogP contribution in [0.2, 0.25) is 0 Å². The van der Waals surface area contributed by atoms with E-state index < -0.39 is 17.9 Å². The lowest BCUT2D eigenvalue weighted by Crippen LogP contribution is -2.39. The third kappa shape index (κ3) is 3.76. The van der Waals surface area contributed by atoms with Crippen molar-refractivity contribution in [2.75, 3.05) is 21.3 Å². The molecule has 1 unspecified atom stereocenters. The highest BCUT2D eigenvalue weighted by Crippen LogP contribution is 2.41. The van der Waals surface area contributed by atoms with E-state index in [-0.39, 0.29) is 22.8 Å². The van der Waals surface area contributed by atoms with Crippen LogP contribution in [0.3, 0.4) is 0 Å². The number of carbonyl (C=O) groups is 2. The molecule has 0 saturated heterocycles. The molecule has 2 amide bonds. The molecular weight excluding hydrogens is 280 g/mol. The van der Waals surface area contributed by atoms with Gasteiger partial charge in [-0.2, -0.15) is 0 Å². The summed E-state index contributed by atoms with van der Waals surface area (Å²) in [6.07, 6.45) is 0. The fraction of sp³-hybridized carbons (Fsp3) is 0.385. The molecule has 3 N–H and O–H groups in total. The van der Waals surface area contributed by atoms with E-state index in [9.17, 15) is 14.7 Å². The minimum absolute atomic E-state index is 0.0272. The second kappa shape index (κ2) is 7.34. The Morgan fingerprint density at radius 1 is 1.19 bits per heavy atom. The number of phenols is 1. The second-order valence-electron chi connectivity index (χ2n) is 4.04. The summed E-state index contributed by atoms with van der Waals surface area (Å²) in [5.74, 6) is -1.10. The first-order chi connectivity index (χ1) is 9.96. The third-order valence-electron chi connectivity index (χ3n) is 2.67. The SMILES string of the molecule is CONC(=O)C(NC(C)=O)c1ccc(OC)c(O)c1OC. The normalized spacial score (nSPS) is 11.4. The first-order valence-electron chi connectivity index (χ1n) is 6.00. The fourth-order valence-corrected chi connectivity index (χ4v) is 1.82. The molecule has 0 aliphatic heterocycles. The molecule has 1 aromatic carbocycles. The van der Waals surface area contributed by atoms with Crippen LogP contribution in [0.25, 0.3) is 0 Å². The summed E-state index contributed by atoms with van der Waals surface area (Å²) in [6.45, 7) is 1.27. The summed E-state index contributed by atoms with van der Waals surface area (Å²) >= 11 is 0. The Bertz CT molecular complexity index is 532. The molecule has 0 aliphatic carbocycles. The van der Waals surface area contributed by atoms with Crippen molar-refractivity contribution in [1.82, 2.24) is 10.8 Å². The molecule has 0 heterocycles. The van der Waals surface area contributed by atoms with Crippen LogP contribution in [0, 0.1) is 0 Å². The van der Waals surface area contributed by atoms with E-state index in [4.69, 9.17) is 9.47 Å². The van der Waals surface area contributed by atoms with Crippen LogP contribution in [0.5, 0.6) is 17.2 Å². The molecule has 0 spiro atoms. The van der Waals surface area contributed by atoms with Crippen molar-refractivity contribution >= 4 is 11.8 Å². The summed E-state index contributed by atoms with van der Waals surface area (Å²) in [5.41, 5.74) is 2.39. The molecule has 1 aromatic rings. The maximum Gasteiger partial charge on any atom is 0.270 e. The van der Waals surface area contributed by atoms with Gasteiger partial charge < -0.3 is 19.9 Å². The molecular formula is C13H18N2O6. The van der Waals surface area contributed by atoms with Gasteiger partial charge in [0.15, 0.2) is 11.5 Å². The molecule has 1 rings (SSSR count). The van der Waals surface area contributed by atoms with Gasteiger partial charge in [-0.3, -0.25) is 14.4 Å². The summed E-state index contributed by atoms with van der Waals surface area (Å²) < 4.78 is 10.1. The van der Waals surface area contributed by atoms with Gasteiger partial charge in [0.25, 0.3) is 5.91 Å². The Morgan fingerprint density at radius 2 is 1.86 bits per heavy atom. The van der Waals surface area contributed by atoms with Gasteiger partial charge in [-0.15, -0.1) is 0 Å². The summed E-state index contributed by atoms with van der Waals surface area (Å²) in [6, 6.07) is 1.88. The highest BCUT2D eigenvalue weighted by Gasteiger charge is 2.27. The molecule has 0 bridgehead atoms. The molecule has 0 aromatic heterocycles. The Kier molecular flexibility index (Phi) is 5.79. The molecule has 0 saturated carbocycles. The van der Waals surface area contributed by atoms with Crippen molar-refractivity contribution in [3.63, 3.8) is 0 Å². The molecule has 0 aliphatic rings. The number of carbonyl (C=O) groups excluding carboxylic acids is 2. The van der Waals surface area contributed by atoms with Crippen molar-refractivity contribution in [3.8, 4) is 17.2 Å². The van der Waals surface area contributed by atoms with Gasteiger partial charge in [0.2, 0.25) is 11.7 Å². The lowest BCUT2D eigenvalue weighted by molar-refractivity contribution is -0.136. The van der Waals surface area contributed by atoms with Crippen LogP contribution in [-0.2, 0) is 14.4 Å². The predicted molar refractivity (Wildman–Crippen MR) is 72.9 cm³/mol. The Balaban J connectivity index is 3.32. The highest BCUT2D eigenvalue weighted by atomic mass is 16.6. The number of amides is 2. The van der Waals surface area contributed by atoms with E-state index in [0.29, 0.717) is 0 Å². The van der Waals surface area contributed by atoms with E-state index in [1.807, 2.05) is 0 Å². The molecule has 21 heavy (non-hydrogen) atoms. The average Bonchev–Trinajstić information content (AvgIpc) is 2.44. The van der Waals surface area contributed by atoms with Crippen molar-refractivity contribution < 1.29 is 29.0 Å². The van der Waals surface area contributed by atoms with E-state index in [2.05, 4.69) is 15.6 Å². The van der Waals surface area contributed by atoms with Crippen LogP contribution < -0.4 is 20.3 Å². The number of hydrogen-bond acceptors (Lipinski definition) is 6. The third-order valence-corrected chi connectivity index (χ3v) is 2.67. The molecule has 0 radical (unpaired) electrons. The van der Waals surface area contributed by atoms with Crippen molar-refractivity contribution in [2.24, 2.45) is 0 Å². The molecule has 1 atom stereocenters. The van der Waals surface area contributed by atoms with Gasteiger partial charge in [-0.25, -0.2) is 5.48 Å². The second-order valence-corrected chi connectivity index (χ2v) is 4.04. The predicted octanol–water partition coefficient (Wildman–Crippen LogP) is 0.264. The van der Waals surface area contributed by atoms with Crippen molar-refractivity contribution in [1.29, 1.82) is 0 Å². The van der Waals surface area contributed by atoms with Crippen molar-refractivity contribution in [3.05, 3.63) is 17.7 Å². The molecule has 0 fully saturated rings. The number of methoxy groups -OCH3 is 2. The number of ether oxygens (including phenoxy) is 2.